The van der Waals surface area contributed by atoms with E-state index in [9.17, 15) is 9.59 Å². The molecule has 2 aliphatic rings. The van der Waals surface area contributed by atoms with Crippen LogP contribution in [0.4, 0.5) is 0 Å². The van der Waals surface area contributed by atoms with E-state index in [-0.39, 0.29) is 17.9 Å². The zero-order valence-corrected chi connectivity index (χ0v) is 10.8. The van der Waals surface area contributed by atoms with Crippen molar-refractivity contribution in [2.75, 3.05) is 6.54 Å². The van der Waals surface area contributed by atoms with Crippen molar-refractivity contribution in [1.29, 1.82) is 0 Å². The maximum atomic E-state index is 12.4. The fraction of sp³-hybridized carbons (Fsp3) is 0.467. The molecule has 2 heterocycles. The van der Waals surface area contributed by atoms with Crippen molar-refractivity contribution in [3.63, 3.8) is 0 Å². The summed E-state index contributed by atoms with van der Waals surface area (Å²) in [5.41, 5.74) is 1.08. The topological polar surface area (TPSA) is 49.4 Å². The van der Waals surface area contributed by atoms with Crippen LogP contribution < -0.4 is 5.32 Å². The van der Waals surface area contributed by atoms with E-state index in [1.54, 1.807) is 4.90 Å². The van der Waals surface area contributed by atoms with Crippen LogP contribution in [-0.2, 0) is 16.0 Å². The third kappa shape index (κ3) is 2.35. The summed E-state index contributed by atoms with van der Waals surface area (Å²) in [6.07, 6.45) is 3.42. The minimum atomic E-state index is -0.399. The third-order valence-corrected chi connectivity index (χ3v) is 3.99. The van der Waals surface area contributed by atoms with Gasteiger partial charge >= 0.3 is 0 Å². The summed E-state index contributed by atoms with van der Waals surface area (Å²) >= 11 is 0. The lowest BCUT2D eigenvalue weighted by Crippen LogP contribution is -2.64. The van der Waals surface area contributed by atoms with E-state index < -0.39 is 6.04 Å². The molecule has 19 heavy (non-hydrogen) atoms. The number of nitrogens with one attached hydrogen (secondary N) is 1. The van der Waals surface area contributed by atoms with Gasteiger partial charge in [0.05, 0.1) is 0 Å². The molecule has 1 aromatic rings. The van der Waals surface area contributed by atoms with Gasteiger partial charge in [0.2, 0.25) is 11.8 Å². The average Bonchev–Trinajstić information content (AvgIpc) is 2.46. The second-order valence-corrected chi connectivity index (χ2v) is 5.29. The Labute approximate surface area is 112 Å². The first-order valence-electron chi connectivity index (χ1n) is 6.90. The molecule has 0 saturated carbocycles. The average molecular weight is 258 g/mol. The molecule has 0 unspecified atom stereocenters. The predicted molar refractivity (Wildman–Crippen MR) is 71.4 cm³/mol. The molecular formula is C15H18N2O2. The molecule has 1 N–H and O–H groups in total. The van der Waals surface area contributed by atoms with Gasteiger partial charge in [0.25, 0.3) is 0 Å². The highest BCUT2D eigenvalue weighted by molar-refractivity contribution is 5.97. The number of hydrogen-bond donors (Lipinski definition) is 1. The monoisotopic (exact) mass is 258 g/mol. The van der Waals surface area contributed by atoms with E-state index in [0.717, 1.165) is 31.4 Å². The second kappa shape index (κ2) is 5.03. The summed E-state index contributed by atoms with van der Waals surface area (Å²) in [7, 11) is 0. The molecule has 2 fully saturated rings. The molecule has 1 aromatic carbocycles. The van der Waals surface area contributed by atoms with Crippen molar-refractivity contribution in [2.45, 2.75) is 37.8 Å². The summed E-state index contributed by atoms with van der Waals surface area (Å²) in [6, 6.07) is 9.20. The van der Waals surface area contributed by atoms with Gasteiger partial charge in [0, 0.05) is 13.0 Å². The largest absolute Gasteiger partial charge is 0.342 e. The van der Waals surface area contributed by atoms with Crippen LogP contribution in [0.1, 0.15) is 24.8 Å². The Morgan fingerprint density at radius 3 is 2.74 bits per heavy atom. The van der Waals surface area contributed by atoms with Crippen molar-refractivity contribution in [3.8, 4) is 0 Å². The number of hydrogen-bond acceptors (Lipinski definition) is 2. The first-order chi connectivity index (χ1) is 9.25. The maximum absolute atomic E-state index is 12.4. The number of carbonyl (C=O) groups excluding carboxylic acids is 2. The lowest BCUT2D eigenvalue weighted by molar-refractivity contribution is -0.151. The zero-order valence-electron chi connectivity index (χ0n) is 10.8. The van der Waals surface area contributed by atoms with E-state index in [1.165, 1.54) is 0 Å². The van der Waals surface area contributed by atoms with Crippen LogP contribution in [0.15, 0.2) is 30.3 Å². The first-order valence-corrected chi connectivity index (χ1v) is 6.90. The number of amides is 2. The van der Waals surface area contributed by atoms with Gasteiger partial charge in [-0.05, 0) is 24.8 Å². The lowest BCUT2D eigenvalue weighted by Gasteiger charge is -2.41. The van der Waals surface area contributed by atoms with Crippen LogP contribution in [0.3, 0.4) is 0 Å². The number of piperidine rings is 1. The van der Waals surface area contributed by atoms with Crippen molar-refractivity contribution in [2.24, 2.45) is 0 Å². The number of carbonyl (C=O) groups is 2. The van der Waals surface area contributed by atoms with Crippen molar-refractivity contribution >= 4 is 11.8 Å². The SMILES string of the molecule is O=C1N[C@@H](Cc2ccccc2)C(=O)N2CCCC[C@H]12. The van der Waals surface area contributed by atoms with E-state index in [0.29, 0.717) is 6.42 Å². The highest BCUT2D eigenvalue weighted by atomic mass is 16.2. The Morgan fingerprint density at radius 1 is 1.16 bits per heavy atom. The zero-order chi connectivity index (χ0) is 13.2. The normalized spacial score (nSPS) is 26.8. The minimum Gasteiger partial charge on any atom is -0.342 e. The van der Waals surface area contributed by atoms with Crippen LogP contribution in [-0.4, -0.2) is 35.3 Å². The van der Waals surface area contributed by atoms with Gasteiger partial charge in [-0.25, -0.2) is 0 Å². The predicted octanol–water partition coefficient (Wildman–Crippen LogP) is 1.11. The van der Waals surface area contributed by atoms with Crippen LogP contribution >= 0.6 is 0 Å². The molecule has 100 valence electrons. The van der Waals surface area contributed by atoms with Gasteiger partial charge in [0.1, 0.15) is 12.1 Å². The lowest BCUT2D eigenvalue weighted by atomic mass is 9.94. The molecule has 0 bridgehead atoms. The number of nitrogens with zero attached hydrogens (tertiary/aromatic N) is 1. The molecular weight excluding hydrogens is 240 g/mol. The molecule has 2 aliphatic heterocycles. The minimum absolute atomic E-state index is 0.0141. The maximum Gasteiger partial charge on any atom is 0.246 e. The van der Waals surface area contributed by atoms with E-state index in [4.69, 9.17) is 0 Å². The first kappa shape index (κ1) is 12.2. The molecule has 4 nitrogen and oxygen atoms in total. The summed E-state index contributed by atoms with van der Waals surface area (Å²) in [4.78, 5) is 26.3. The Balaban J connectivity index is 1.76. The van der Waals surface area contributed by atoms with E-state index in [1.807, 2.05) is 30.3 Å². The van der Waals surface area contributed by atoms with Crippen LogP contribution in [0.2, 0.25) is 0 Å². The highest BCUT2D eigenvalue weighted by Crippen LogP contribution is 2.22. The Hall–Kier alpha value is -1.84. The standard InChI is InChI=1S/C15H18N2O2/c18-14-13-8-4-5-9-17(13)15(19)12(16-14)10-11-6-2-1-3-7-11/h1-3,6-7,12-13H,4-5,8-10H2,(H,16,18)/t12-,13+/m0/s1. The highest BCUT2D eigenvalue weighted by Gasteiger charge is 2.41. The van der Waals surface area contributed by atoms with Crippen molar-refractivity contribution in [1.82, 2.24) is 10.2 Å². The summed E-state index contributed by atoms with van der Waals surface area (Å²) in [5, 5.41) is 2.88. The second-order valence-electron chi connectivity index (χ2n) is 5.29. The number of benzene rings is 1. The molecule has 2 amide bonds. The molecule has 4 heteroatoms. The summed E-state index contributed by atoms with van der Waals surface area (Å²) in [5.74, 6) is 0.0911. The summed E-state index contributed by atoms with van der Waals surface area (Å²) < 4.78 is 0. The molecule has 3 rings (SSSR count). The number of fused-ring (bicyclic) bond motifs is 1. The van der Waals surface area contributed by atoms with E-state index in [2.05, 4.69) is 5.32 Å². The number of piperazine rings is 1. The molecule has 0 aliphatic carbocycles. The van der Waals surface area contributed by atoms with E-state index >= 15 is 0 Å². The Morgan fingerprint density at radius 2 is 1.95 bits per heavy atom. The molecule has 2 atom stereocenters. The van der Waals surface area contributed by atoms with Crippen LogP contribution in [0, 0.1) is 0 Å². The fourth-order valence-corrected chi connectivity index (χ4v) is 2.99. The Bertz CT molecular complexity index is 486. The molecule has 0 radical (unpaired) electrons. The Kier molecular flexibility index (Phi) is 3.23. The van der Waals surface area contributed by atoms with Gasteiger partial charge < -0.3 is 10.2 Å². The smallest absolute Gasteiger partial charge is 0.246 e. The molecule has 2 saturated heterocycles. The van der Waals surface area contributed by atoms with Crippen LogP contribution in [0.5, 0.6) is 0 Å². The summed E-state index contributed by atoms with van der Waals surface area (Å²) in [6.45, 7) is 0.724. The fourth-order valence-electron chi connectivity index (χ4n) is 2.99. The van der Waals surface area contributed by atoms with Gasteiger partial charge in [0.15, 0.2) is 0 Å². The quantitative estimate of drug-likeness (QED) is 0.864. The molecule has 0 aromatic heterocycles. The van der Waals surface area contributed by atoms with Crippen LogP contribution in [0.25, 0.3) is 0 Å². The van der Waals surface area contributed by atoms with Crippen molar-refractivity contribution in [3.05, 3.63) is 35.9 Å². The van der Waals surface area contributed by atoms with Gasteiger partial charge in [-0.15, -0.1) is 0 Å². The van der Waals surface area contributed by atoms with Gasteiger partial charge in [-0.1, -0.05) is 30.3 Å². The van der Waals surface area contributed by atoms with Gasteiger partial charge in [-0.3, -0.25) is 9.59 Å². The van der Waals surface area contributed by atoms with Crippen molar-refractivity contribution < 1.29 is 9.59 Å². The number of rotatable bonds is 2. The third-order valence-electron chi connectivity index (χ3n) is 3.99. The molecule has 0 spiro atoms. The van der Waals surface area contributed by atoms with Gasteiger partial charge in [-0.2, -0.15) is 0 Å².